The molecule has 0 radical (unpaired) electrons. The minimum Gasteiger partial charge on any atom is -0.508 e. The second-order valence-electron chi connectivity index (χ2n) is 6.57. The fourth-order valence-electron chi connectivity index (χ4n) is 3.28. The van der Waals surface area contributed by atoms with Gasteiger partial charge in [0.15, 0.2) is 0 Å². The molecule has 5 heteroatoms. The number of halogens is 1. The Morgan fingerprint density at radius 2 is 1.96 bits per heavy atom. The Kier molecular flexibility index (Phi) is 5.95. The third-order valence-electron chi connectivity index (χ3n) is 4.53. The number of para-hydroxylation sites is 1. The van der Waals surface area contributed by atoms with E-state index in [1.54, 1.807) is 18.2 Å². The van der Waals surface area contributed by atoms with Crippen molar-refractivity contribution in [3.8, 4) is 5.75 Å². The third kappa shape index (κ3) is 5.21. The largest absolute Gasteiger partial charge is 0.508 e. The number of piperidine rings is 1. The highest BCUT2D eigenvalue weighted by atomic mass is 35.5. The van der Waals surface area contributed by atoms with Gasteiger partial charge in [0.2, 0.25) is 5.91 Å². The van der Waals surface area contributed by atoms with Crippen molar-refractivity contribution in [2.24, 2.45) is 0 Å². The average molecular weight is 359 g/mol. The smallest absolute Gasteiger partial charge is 0.224 e. The first-order valence-corrected chi connectivity index (χ1v) is 9.01. The molecule has 1 saturated heterocycles. The zero-order valence-corrected chi connectivity index (χ0v) is 14.9. The van der Waals surface area contributed by atoms with E-state index in [2.05, 4.69) is 10.2 Å². The number of phenols is 1. The van der Waals surface area contributed by atoms with Gasteiger partial charge in [-0.2, -0.15) is 0 Å². The molecule has 25 heavy (non-hydrogen) atoms. The summed E-state index contributed by atoms with van der Waals surface area (Å²) in [6, 6.07) is 15.0. The van der Waals surface area contributed by atoms with Crippen LogP contribution in [-0.2, 0) is 17.8 Å². The summed E-state index contributed by atoms with van der Waals surface area (Å²) >= 11 is 5.93. The number of nitrogens with one attached hydrogen (secondary N) is 1. The van der Waals surface area contributed by atoms with E-state index < -0.39 is 0 Å². The lowest BCUT2D eigenvalue weighted by Crippen LogP contribution is -2.47. The van der Waals surface area contributed by atoms with Crippen molar-refractivity contribution in [3.05, 3.63) is 64.7 Å². The number of amides is 1. The Hall–Kier alpha value is -2.04. The fraction of sp³-hybridized carbons (Fsp3) is 0.350. The standard InChI is InChI=1S/C20H23ClN2O2/c21-17-9-7-15(8-10-17)13-23-11-3-5-18(14-23)22-20(25)12-16-4-1-2-6-19(16)24/h1-2,4,6-10,18,24H,3,5,11-14H2,(H,22,25)/t18-/m1/s1. The number of aromatic hydroxyl groups is 1. The van der Waals surface area contributed by atoms with Crippen LogP contribution in [0.1, 0.15) is 24.0 Å². The number of carbonyl (C=O) groups excluding carboxylic acids is 1. The predicted molar refractivity (Wildman–Crippen MR) is 99.7 cm³/mol. The van der Waals surface area contributed by atoms with Gasteiger partial charge in [0.25, 0.3) is 0 Å². The maximum Gasteiger partial charge on any atom is 0.224 e. The molecule has 0 aliphatic carbocycles. The van der Waals surface area contributed by atoms with E-state index in [1.807, 2.05) is 30.3 Å². The van der Waals surface area contributed by atoms with Gasteiger partial charge in [0.05, 0.1) is 6.42 Å². The molecule has 1 amide bonds. The highest BCUT2D eigenvalue weighted by Gasteiger charge is 2.21. The van der Waals surface area contributed by atoms with Crippen LogP contribution in [0.4, 0.5) is 0 Å². The van der Waals surface area contributed by atoms with Crippen LogP contribution >= 0.6 is 11.6 Å². The molecule has 3 rings (SSSR count). The summed E-state index contributed by atoms with van der Waals surface area (Å²) < 4.78 is 0. The third-order valence-corrected chi connectivity index (χ3v) is 4.78. The van der Waals surface area contributed by atoms with Crippen molar-refractivity contribution in [3.63, 3.8) is 0 Å². The van der Waals surface area contributed by atoms with Crippen LogP contribution in [0.15, 0.2) is 48.5 Å². The minimum atomic E-state index is -0.0418. The molecule has 0 unspecified atom stereocenters. The van der Waals surface area contributed by atoms with Crippen LogP contribution in [0.25, 0.3) is 0 Å². The summed E-state index contributed by atoms with van der Waals surface area (Å²) in [7, 11) is 0. The first-order valence-electron chi connectivity index (χ1n) is 8.63. The Morgan fingerprint density at radius 1 is 1.20 bits per heavy atom. The van der Waals surface area contributed by atoms with Crippen molar-refractivity contribution in [1.82, 2.24) is 10.2 Å². The molecule has 1 atom stereocenters. The lowest BCUT2D eigenvalue weighted by molar-refractivity contribution is -0.121. The van der Waals surface area contributed by atoms with E-state index in [1.165, 1.54) is 5.56 Å². The molecule has 0 bridgehead atoms. The Labute approximate surface area is 153 Å². The van der Waals surface area contributed by atoms with Crippen molar-refractivity contribution in [1.29, 1.82) is 0 Å². The second-order valence-corrected chi connectivity index (χ2v) is 7.01. The zero-order chi connectivity index (χ0) is 17.6. The van der Waals surface area contributed by atoms with Gasteiger partial charge in [-0.3, -0.25) is 9.69 Å². The summed E-state index contributed by atoms with van der Waals surface area (Å²) in [6.07, 6.45) is 2.26. The quantitative estimate of drug-likeness (QED) is 0.861. The first-order chi connectivity index (χ1) is 12.1. The fourth-order valence-corrected chi connectivity index (χ4v) is 3.40. The number of benzene rings is 2. The van der Waals surface area contributed by atoms with Crippen LogP contribution in [0, 0.1) is 0 Å². The molecule has 1 aliphatic heterocycles. The van der Waals surface area contributed by atoms with Gasteiger partial charge in [-0.15, -0.1) is 0 Å². The van der Waals surface area contributed by atoms with Crippen molar-refractivity contribution >= 4 is 17.5 Å². The molecule has 0 spiro atoms. The molecule has 4 nitrogen and oxygen atoms in total. The number of likely N-dealkylation sites (tertiary alicyclic amines) is 1. The SMILES string of the molecule is O=C(Cc1ccccc1O)N[C@@H]1CCCN(Cc2ccc(Cl)cc2)C1. The van der Waals surface area contributed by atoms with Gasteiger partial charge in [-0.1, -0.05) is 41.9 Å². The van der Waals surface area contributed by atoms with E-state index in [-0.39, 0.29) is 24.1 Å². The number of nitrogens with zero attached hydrogens (tertiary/aromatic N) is 1. The van der Waals surface area contributed by atoms with Gasteiger partial charge in [0.1, 0.15) is 5.75 Å². The number of carbonyl (C=O) groups is 1. The first kappa shape index (κ1) is 17.8. The summed E-state index contributed by atoms with van der Waals surface area (Å²) in [5.74, 6) is 0.130. The molecule has 1 aliphatic rings. The molecular formula is C20H23ClN2O2. The second kappa shape index (κ2) is 8.37. The van der Waals surface area contributed by atoms with Gasteiger partial charge >= 0.3 is 0 Å². The average Bonchev–Trinajstić information content (AvgIpc) is 2.59. The normalized spacial score (nSPS) is 18.0. The van der Waals surface area contributed by atoms with Gasteiger partial charge in [-0.05, 0) is 43.1 Å². The van der Waals surface area contributed by atoms with Crippen LogP contribution < -0.4 is 5.32 Å². The van der Waals surface area contributed by atoms with Crippen LogP contribution in [0.3, 0.4) is 0 Å². The minimum absolute atomic E-state index is 0.0418. The van der Waals surface area contributed by atoms with E-state index >= 15 is 0 Å². The summed E-state index contributed by atoms with van der Waals surface area (Å²) in [6.45, 7) is 2.74. The maximum absolute atomic E-state index is 12.3. The van der Waals surface area contributed by atoms with Gasteiger partial charge < -0.3 is 10.4 Å². The van der Waals surface area contributed by atoms with Gasteiger partial charge in [0, 0.05) is 29.7 Å². The molecular weight excluding hydrogens is 336 g/mol. The van der Waals surface area contributed by atoms with E-state index in [0.717, 1.165) is 37.5 Å². The molecule has 1 fully saturated rings. The highest BCUT2D eigenvalue weighted by molar-refractivity contribution is 6.30. The molecule has 1 heterocycles. The van der Waals surface area contributed by atoms with Crippen molar-refractivity contribution in [2.75, 3.05) is 13.1 Å². The van der Waals surface area contributed by atoms with Crippen LogP contribution in [-0.4, -0.2) is 35.0 Å². The summed E-state index contributed by atoms with van der Waals surface area (Å²) in [5, 5.41) is 13.6. The number of hydrogen-bond donors (Lipinski definition) is 2. The molecule has 2 aromatic carbocycles. The van der Waals surface area contributed by atoms with Crippen molar-refractivity contribution in [2.45, 2.75) is 31.8 Å². The maximum atomic E-state index is 12.3. The zero-order valence-electron chi connectivity index (χ0n) is 14.1. The topological polar surface area (TPSA) is 52.6 Å². The van der Waals surface area contributed by atoms with Gasteiger partial charge in [-0.25, -0.2) is 0 Å². The Balaban J connectivity index is 1.52. The number of hydrogen-bond acceptors (Lipinski definition) is 3. The summed E-state index contributed by atoms with van der Waals surface area (Å²) in [4.78, 5) is 14.6. The number of rotatable bonds is 5. The molecule has 2 N–H and O–H groups in total. The highest BCUT2D eigenvalue weighted by Crippen LogP contribution is 2.18. The molecule has 2 aromatic rings. The number of phenolic OH excluding ortho intramolecular Hbond substituents is 1. The predicted octanol–water partition coefficient (Wildman–Crippen LogP) is 3.37. The van der Waals surface area contributed by atoms with E-state index in [0.29, 0.717) is 5.56 Å². The molecule has 0 aromatic heterocycles. The monoisotopic (exact) mass is 358 g/mol. The van der Waals surface area contributed by atoms with E-state index in [9.17, 15) is 9.90 Å². The lowest BCUT2D eigenvalue weighted by atomic mass is 10.0. The summed E-state index contributed by atoms with van der Waals surface area (Å²) in [5.41, 5.74) is 1.89. The molecule has 0 saturated carbocycles. The Morgan fingerprint density at radius 3 is 2.72 bits per heavy atom. The molecule has 132 valence electrons. The van der Waals surface area contributed by atoms with E-state index in [4.69, 9.17) is 11.6 Å². The van der Waals surface area contributed by atoms with Crippen molar-refractivity contribution < 1.29 is 9.90 Å². The van der Waals surface area contributed by atoms with Crippen LogP contribution in [0.2, 0.25) is 5.02 Å². The lowest BCUT2D eigenvalue weighted by Gasteiger charge is -2.33. The Bertz CT molecular complexity index is 718. The van der Waals surface area contributed by atoms with Crippen LogP contribution in [0.5, 0.6) is 5.75 Å².